The Morgan fingerprint density at radius 1 is 0.895 bits per heavy atom. The SMILES string of the molecule is CCOc1cc(C(=O)Oc2c(Sc3ccc(Cl)cc3)c(C)nn2-c2ccccc2)cc(OCC)c1OCC. The average Bonchev–Trinajstić information content (AvgIpc) is 3.22. The average molecular weight is 553 g/mol. The first-order chi connectivity index (χ1) is 18.4. The van der Waals surface area contributed by atoms with Crippen LogP contribution in [0.25, 0.3) is 5.69 Å². The smallest absolute Gasteiger partial charge is 0.345 e. The molecule has 0 aliphatic carbocycles. The third-order valence-electron chi connectivity index (χ3n) is 5.33. The minimum absolute atomic E-state index is 0.265. The molecule has 198 valence electrons. The fourth-order valence-corrected chi connectivity index (χ4v) is 4.75. The Morgan fingerprint density at radius 2 is 1.50 bits per heavy atom. The van der Waals surface area contributed by atoms with Crippen LogP contribution in [-0.4, -0.2) is 35.6 Å². The Labute approximate surface area is 231 Å². The summed E-state index contributed by atoms with van der Waals surface area (Å²) in [6.45, 7) is 8.70. The second-order valence-electron chi connectivity index (χ2n) is 8.01. The number of hydrogen-bond donors (Lipinski definition) is 0. The molecule has 0 radical (unpaired) electrons. The second-order valence-corrected chi connectivity index (χ2v) is 9.53. The molecule has 7 nitrogen and oxygen atoms in total. The van der Waals surface area contributed by atoms with Crippen LogP contribution in [0.5, 0.6) is 23.1 Å². The number of rotatable bonds is 11. The molecule has 0 bridgehead atoms. The molecule has 0 unspecified atom stereocenters. The van der Waals surface area contributed by atoms with Crippen LogP contribution in [0.15, 0.2) is 76.5 Å². The second kappa shape index (κ2) is 12.8. The van der Waals surface area contributed by atoms with E-state index in [1.807, 2.05) is 82.3 Å². The number of aryl methyl sites for hydroxylation is 1. The van der Waals surface area contributed by atoms with Crippen LogP contribution in [0, 0.1) is 6.92 Å². The molecule has 0 aliphatic rings. The zero-order chi connectivity index (χ0) is 27.1. The number of esters is 1. The van der Waals surface area contributed by atoms with Gasteiger partial charge in [0.15, 0.2) is 11.5 Å². The van der Waals surface area contributed by atoms with Crippen molar-refractivity contribution >= 4 is 29.3 Å². The van der Waals surface area contributed by atoms with Crippen LogP contribution < -0.4 is 18.9 Å². The van der Waals surface area contributed by atoms with E-state index >= 15 is 0 Å². The molecule has 0 saturated carbocycles. The summed E-state index contributed by atoms with van der Waals surface area (Å²) in [5.74, 6) is 1.01. The number of carbonyl (C=O) groups is 1. The molecule has 3 aromatic carbocycles. The van der Waals surface area contributed by atoms with Crippen molar-refractivity contribution in [3.63, 3.8) is 0 Å². The highest BCUT2D eigenvalue weighted by molar-refractivity contribution is 7.99. The van der Waals surface area contributed by atoms with E-state index in [0.29, 0.717) is 58.6 Å². The van der Waals surface area contributed by atoms with Gasteiger partial charge in [-0.3, -0.25) is 0 Å². The molecule has 0 spiro atoms. The van der Waals surface area contributed by atoms with E-state index in [2.05, 4.69) is 0 Å². The van der Waals surface area contributed by atoms with Crippen LogP contribution in [0.3, 0.4) is 0 Å². The molecular weight excluding hydrogens is 524 g/mol. The summed E-state index contributed by atoms with van der Waals surface area (Å²) in [5.41, 5.74) is 1.74. The van der Waals surface area contributed by atoms with Crippen LogP contribution >= 0.6 is 23.4 Å². The highest BCUT2D eigenvalue weighted by Gasteiger charge is 2.25. The van der Waals surface area contributed by atoms with E-state index in [-0.39, 0.29) is 5.56 Å². The lowest BCUT2D eigenvalue weighted by Crippen LogP contribution is -2.13. The van der Waals surface area contributed by atoms with Gasteiger partial charge in [-0.1, -0.05) is 41.6 Å². The number of hydrogen-bond acceptors (Lipinski definition) is 7. The van der Waals surface area contributed by atoms with Gasteiger partial charge >= 0.3 is 5.97 Å². The molecule has 0 N–H and O–H groups in total. The maximum absolute atomic E-state index is 13.6. The standard InChI is InChI=1S/C29H29ClN2O5S/c1-5-34-24-17-20(18-25(35-6-2)26(24)36-7-3)29(33)37-28-27(38-23-15-13-21(30)14-16-23)19(4)31-32(28)22-11-9-8-10-12-22/h8-18H,5-7H2,1-4H3. The largest absolute Gasteiger partial charge is 0.490 e. The van der Waals surface area contributed by atoms with Crippen molar-refractivity contribution in [2.24, 2.45) is 0 Å². The molecule has 9 heteroatoms. The first-order valence-corrected chi connectivity index (χ1v) is 13.5. The van der Waals surface area contributed by atoms with E-state index in [0.717, 1.165) is 10.6 Å². The van der Waals surface area contributed by atoms with Gasteiger partial charge in [-0.15, -0.1) is 0 Å². The van der Waals surface area contributed by atoms with Gasteiger partial charge in [0.25, 0.3) is 0 Å². The Bertz CT molecular complexity index is 1360. The lowest BCUT2D eigenvalue weighted by atomic mass is 10.2. The number of benzene rings is 3. The minimum atomic E-state index is -0.579. The first kappa shape index (κ1) is 27.4. The van der Waals surface area contributed by atoms with E-state index in [1.54, 1.807) is 16.8 Å². The van der Waals surface area contributed by atoms with Gasteiger partial charge in [-0.2, -0.15) is 9.78 Å². The van der Waals surface area contributed by atoms with Gasteiger partial charge in [0.2, 0.25) is 11.6 Å². The topological polar surface area (TPSA) is 71.8 Å². The van der Waals surface area contributed by atoms with Crippen LogP contribution in [0.4, 0.5) is 0 Å². The quantitative estimate of drug-likeness (QED) is 0.179. The van der Waals surface area contributed by atoms with Crippen molar-refractivity contribution in [1.82, 2.24) is 9.78 Å². The number of ether oxygens (including phenoxy) is 4. The molecule has 0 aliphatic heterocycles. The zero-order valence-electron chi connectivity index (χ0n) is 21.7. The summed E-state index contributed by atoms with van der Waals surface area (Å²) in [6.07, 6.45) is 0. The lowest BCUT2D eigenvalue weighted by molar-refractivity contribution is 0.0717. The van der Waals surface area contributed by atoms with Crippen molar-refractivity contribution in [3.05, 3.63) is 83.0 Å². The Hall–Kier alpha value is -3.62. The van der Waals surface area contributed by atoms with Crippen molar-refractivity contribution < 1.29 is 23.7 Å². The first-order valence-electron chi connectivity index (χ1n) is 12.3. The molecule has 1 aromatic heterocycles. The van der Waals surface area contributed by atoms with Crippen molar-refractivity contribution in [1.29, 1.82) is 0 Å². The van der Waals surface area contributed by atoms with E-state index in [1.165, 1.54) is 11.8 Å². The molecule has 4 aromatic rings. The summed E-state index contributed by atoms with van der Waals surface area (Å²) in [4.78, 5) is 15.2. The molecule has 0 fully saturated rings. The Kier molecular flexibility index (Phi) is 9.20. The van der Waals surface area contributed by atoms with E-state index in [4.69, 9.17) is 35.6 Å². The van der Waals surface area contributed by atoms with Gasteiger partial charge < -0.3 is 18.9 Å². The molecule has 0 saturated heterocycles. The molecule has 0 amide bonds. The van der Waals surface area contributed by atoms with Gasteiger partial charge in [-0.25, -0.2) is 4.79 Å². The summed E-state index contributed by atoms with van der Waals surface area (Å²) >= 11 is 7.52. The summed E-state index contributed by atoms with van der Waals surface area (Å²) < 4.78 is 25.0. The van der Waals surface area contributed by atoms with E-state index in [9.17, 15) is 4.79 Å². The third kappa shape index (κ3) is 6.26. The highest BCUT2D eigenvalue weighted by Crippen LogP contribution is 2.42. The highest BCUT2D eigenvalue weighted by atomic mass is 35.5. The molecule has 38 heavy (non-hydrogen) atoms. The number of carbonyl (C=O) groups excluding carboxylic acids is 1. The molecular formula is C29H29ClN2O5S. The van der Waals surface area contributed by atoms with Gasteiger partial charge in [0.05, 0.1) is 41.7 Å². The fraction of sp³-hybridized carbons (Fsp3) is 0.241. The third-order valence-corrected chi connectivity index (χ3v) is 6.77. The van der Waals surface area contributed by atoms with Crippen molar-refractivity contribution in [2.75, 3.05) is 19.8 Å². The van der Waals surface area contributed by atoms with Gasteiger partial charge in [0, 0.05) is 9.92 Å². The Morgan fingerprint density at radius 3 is 2.08 bits per heavy atom. The van der Waals surface area contributed by atoms with Gasteiger partial charge in [-0.05, 0) is 76.2 Å². The van der Waals surface area contributed by atoms with Gasteiger partial charge in [0.1, 0.15) is 0 Å². The number of halogens is 1. The van der Waals surface area contributed by atoms with E-state index < -0.39 is 5.97 Å². The fourth-order valence-electron chi connectivity index (χ4n) is 3.72. The molecule has 0 atom stereocenters. The predicted octanol–water partition coefficient (Wildman–Crippen LogP) is 7.40. The van der Waals surface area contributed by atoms with Crippen LogP contribution in [0.1, 0.15) is 36.8 Å². The zero-order valence-corrected chi connectivity index (χ0v) is 23.3. The van der Waals surface area contributed by atoms with Crippen molar-refractivity contribution in [2.45, 2.75) is 37.5 Å². The van der Waals surface area contributed by atoms with Crippen LogP contribution in [-0.2, 0) is 0 Å². The number of nitrogens with zero attached hydrogens (tertiary/aromatic N) is 2. The summed E-state index contributed by atoms with van der Waals surface area (Å²) in [5, 5.41) is 5.34. The predicted molar refractivity (Wildman–Crippen MR) is 149 cm³/mol. The number of aromatic nitrogens is 2. The van der Waals surface area contributed by atoms with Crippen molar-refractivity contribution in [3.8, 4) is 28.8 Å². The summed E-state index contributed by atoms with van der Waals surface area (Å²) in [6, 6.07) is 20.2. The minimum Gasteiger partial charge on any atom is -0.490 e. The van der Waals surface area contributed by atoms with Crippen LogP contribution in [0.2, 0.25) is 5.02 Å². The summed E-state index contributed by atoms with van der Waals surface area (Å²) in [7, 11) is 0. The molecule has 1 heterocycles. The Balaban J connectivity index is 1.77. The lowest BCUT2D eigenvalue weighted by Gasteiger charge is -2.17. The maximum atomic E-state index is 13.6. The maximum Gasteiger partial charge on any atom is 0.345 e. The number of para-hydroxylation sites is 1. The monoisotopic (exact) mass is 552 g/mol. The normalized spacial score (nSPS) is 10.8. The molecule has 4 rings (SSSR count).